The van der Waals surface area contributed by atoms with Crippen molar-refractivity contribution in [3.8, 4) is 5.88 Å². The van der Waals surface area contributed by atoms with Crippen molar-refractivity contribution in [3.05, 3.63) is 23.9 Å². The molecule has 0 radical (unpaired) electrons. The third kappa shape index (κ3) is 3.07. The molecule has 1 unspecified atom stereocenters. The molecule has 0 saturated heterocycles. The molecular weight excluding hydrogens is 240 g/mol. The Hall–Kier alpha value is -1.55. The molecule has 0 spiro atoms. The minimum Gasteiger partial charge on any atom is -0.475 e. The van der Waals surface area contributed by atoms with Crippen LogP contribution in [0.25, 0.3) is 11.0 Å². The van der Waals surface area contributed by atoms with Crippen LogP contribution in [0.3, 0.4) is 0 Å². The highest BCUT2D eigenvalue weighted by molar-refractivity contribution is 5.77. The first-order chi connectivity index (χ1) is 8.91. The van der Waals surface area contributed by atoms with Crippen molar-refractivity contribution in [1.82, 2.24) is 9.97 Å². The third-order valence-electron chi connectivity index (χ3n) is 3.17. The minimum atomic E-state index is -0.00982. The van der Waals surface area contributed by atoms with Gasteiger partial charge in [-0.25, -0.2) is 0 Å². The van der Waals surface area contributed by atoms with E-state index < -0.39 is 0 Å². The number of aromatic amines is 1. The number of fused-ring (bicyclic) bond motifs is 1. The summed E-state index contributed by atoms with van der Waals surface area (Å²) in [7, 11) is 1.68. The Bertz CT molecular complexity index is 555. The molecule has 2 rings (SSSR count). The summed E-state index contributed by atoms with van der Waals surface area (Å²) in [6.45, 7) is 8.96. The lowest BCUT2D eigenvalue weighted by atomic mass is 9.87. The number of nitrogens with one attached hydrogen (secondary N) is 1. The maximum absolute atomic E-state index is 5.84. The van der Waals surface area contributed by atoms with Gasteiger partial charge in [-0.15, -0.1) is 0 Å². The molecule has 0 saturated carbocycles. The number of rotatable bonds is 4. The van der Waals surface area contributed by atoms with Gasteiger partial charge in [-0.05, 0) is 24.5 Å². The number of pyridine rings is 1. The number of nitrogens with zero attached hydrogens (tertiary/aromatic N) is 1. The van der Waals surface area contributed by atoms with E-state index in [0.29, 0.717) is 12.5 Å². The standard InChI is InChI=1S/C15H22N2O2/c1-10(18-5)9-19-14-12(15(2,3)4)8-11-6-7-16-13(11)17-14/h6-8,10H,9H2,1-5H3,(H,16,17). The Kier molecular flexibility index (Phi) is 3.80. The zero-order chi connectivity index (χ0) is 14.0. The molecule has 19 heavy (non-hydrogen) atoms. The smallest absolute Gasteiger partial charge is 0.219 e. The maximum Gasteiger partial charge on any atom is 0.219 e. The lowest BCUT2D eigenvalue weighted by Gasteiger charge is -2.22. The summed E-state index contributed by atoms with van der Waals surface area (Å²) < 4.78 is 11.0. The zero-order valence-electron chi connectivity index (χ0n) is 12.3. The fourth-order valence-electron chi connectivity index (χ4n) is 1.88. The predicted octanol–water partition coefficient (Wildman–Crippen LogP) is 3.27. The first kappa shape index (κ1) is 13.9. The summed E-state index contributed by atoms with van der Waals surface area (Å²) in [5.41, 5.74) is 1.96. The van der Waals surface area contributed by atoms with Gasteiger partial charge < -0.3 is 14.5 Å². The van der Waals surface area contributed by atoms with E-state index in [1.807, 2.05) is 19.2 Å². The molecule has 0 fully saturated rings. The molecule has 2 aromatic rings. The van der Waals surface area contributed by atoms with E-state index in [1.54, 1.807) is 7.11 Å². The van der Waals surface area contributed by atoms with Crippen LogP contribution in [0.5, 0.6) is 5.88 Å². The Balaban J connectivity index is 2.38. The molecule has 0 aliphatic carbocycles. The fourth-order valence-corrected chi connectivity index (χ4v) is 1.88. The van der Waals surface area contributed by atoms with Crippen LogP contribution >= 0.6 is 0 Å². The van der Waals surface area contributed by atoms with Gasteiger partial charge in [0.15, 0.2) is 0 Å². The molecule has 0 amide bonds. The number of ether oxygens (including phenoxy) is 2. The van der Waals surface area contributed by atoms with Gasteiger partial charge in [-0.3, -0.25) is 0 Å². The summed E-state index contributed by atoms with van der Waals surface area (Å²) in [6, 6.07) is 4.17. The maximum atomic E-state index is 5.84. The van der Waals surface area contributed by atoms with Crippen LogP contribution in [-0.4, -0.2) is 29.8 Å². The first-order valence-corrected chi connectivity index (χ1v) is 6.56. The molecule has 2 aromatic heterocycles. The normalized spacial score (nSPS) is 13.7. The molecule has 0 bridgehead atoms. The second-order valence-electron chi connectivity index (χ2n) is 5.86. The fraction of sp³-hybridized carbons (Fsp3) is 0.533. The number of aromatic nitrogens is 2. The highest BCUT2D eigenvalue weighted by atomic mass is 16.5. The van der Waals surface area contributed by atoms with Crippen molar-refractivity contribution in [2.24, 2.45) is 0 Å². The lowest BCUT2D eigenvalue weighted by Crippen LogP contribution is -2.20. The van der Waals surface area contributed by atoms with Gasteiger partial charge in [0.05, 0.1) is 6.10 Å². The lowest BCUT2D eigenvalue weighted by molar-refractivity contribution is 0.0693. The van der Waals surface area contributed by atoms with E-state index >= 15 is 0 Å². The summed E-state index contributed by atoms with van der Waals surface area (Å²) in [6.07, 6.45) is 1.94. The highest BCUT2D eigenvalue weighted by Gasteiger charge is 2.22. The van der Waals surface area contributed by atoms with Crippen LogP contribution in [0, 0.1) is 0 Å². The van der Waals surface area contributed by atoms with E-state index in [0.717, 1.165) is 16.6 Å². The summed E-state index contributed by atoms with van der Waals surface area (Å²) in [5, 5.41) is 1.11. The second-order valence-corrected chi connectivity index (χ2v) is 5.86. The van der Waals surface area contributed by atoms with Crippen molar-refractivity contribution in [3.63, 3.8) is 0 Å². The van der Waals surface area contributed by atoms with Crippen LogP contribution in [-0.2, 0) is 10.2 Å². The monoisotopic (exact) mass is 262 g/mol. The van der Waals surface area contributed by atoms with Crippen molar-refractivity contribution >= 4 is 11.0 Å². The van der Waals surface area contributed by atoms with Crippen molar-refractivity contribution < 1.29 is 9.47 Å². The van der Waals surface area contributed by atoms with Gasteiger partial charge in [0.1, 0.15) is 12.3 Å². The molecule has 4 heteroatoms. The van der Waals surface area contributed by atoms with E-state index in [1.165, 1.54) is 0 Å². The quantitative estimate of drug-likeness (QED) is 0.919. The molecule has 0 aromatic carbocycles. The summed E-state index contributed by atoms with van der Waals surface area (Å²) in [5.74, 6) is 0.686. The summed E-state index contributed by atoms with van der Waals surface area (Å²) in [4.78, 5) is 7.69. The Morgan fingerprint density at radius 3 is 2.74 bits per heavy atom. The molecule has 1 atom stereocenters. The second kappa shape index (κ2) is 5.21. The van der Waals surface area contributed by atoms with Crippen LogP contribution in [0.2, 0.25) is 0 Å². The van der Waals surface area contributed by atoms with Crippen LogP contribution in [0.4, 0.5) is 0 Å². The Morgan fingerprint density at radius 1 is 1.37 bits per heavy atom. The van der Waals surface area contributed by atoms with Crippen LogP contribution in [0.1, 0.15) is 33.3 Å². The minimum absolute atomic E-state index is 0.00982. The number of hydrogen-bond acceptors (Lipinski definition) is 3. The Labute approximate surface area is 114 Å². The SMILES string of the molecule is COC(C)COc1nc2[nH]ccc2cc1C(C)(C)C. The molecule has 0 aliphatic heterocycles. The van der Waals surface area contributed by atoms with E-state index in [9.17, 15) is 0 Å². The van der Waals surface area contributed by atoms with Crippen LogP contribution in [0.15, 0.2) is 18.3 Å². The molecule has 104 valence electrons. The van der Waals surface area contributed by atoms with Crippen molar-refractivity contribution in [2.75, 3.05) is 13.7 Å². The van der Waals surface area contributed by atoms with E-state index in [4.69, 9.17) is 9.47 Å². The summed E-state index contributed by atoms with van der Waals surface area (Å²) >= 11 is 0. The van der Waals surface area contributed by atoms with Crippen molar-refractivity contribution in [1.29, 1.82) is 0 Å². The Morgan fingerprint density at radius 2 is 2.11 bits per heavy atom. The molecule has 2 heterocycles. The average Bonchev–Trinajstić information content (AvgIpc) is 2.80. The number of H-pyrrole nitrogens is 1. The average molecular weight is 262 g/mol. The van der Waals surface area contributed by atoms with Gasteiger partial charge in [-0.2, -0.15) is 4.98 Å². The predicted molar refractivity (Wildman–Crippen MR) is 76.8 cm³/mol. The van der Waals surface area contributed by atoms with Gasteiger partial charge in [0.25, 0.3) is 0 Å². The number of hydrogen-bond donors (Lipinski definition) is 1. The van der Waals surface area contributed by atoms with Gasteiger partial charge >= 0.3 is 0 Å². The number of methoxy groups -OCH3 is 1. The third-order valence-corrected chi connectivity index (χ3v) is 3.17. The van der Waals surface area contributed by atoms with Gasteiger partial charge in [0.2, 0.25) is 5.88 Å². The van der Waals surface area contributed by atoms with E-state index in [-0.39, 0.29) is 11.5 Å². The molecular formula is C15H22N2O2. The van der Waals surface area contributed by atoms with Gasteiger partial charge in [0, 0.05) is 24.3 Å². The van der Waals surface area contributed by atoms with Gasteiger partial charge in [-0.1, -0.05) is 20.8 Å². The first-order valence-electron chi connectivity index (χ1n) is 6.56. The highest BCUT2D eigenvalue weighted by Crippen LogP contribution is 2.32. The van der Waals surface area contributed by atoms with Crippen molar-refractivity contribution in [2.45, 2.75) is 39.2 Å². The largest absolute Gasteiger partial charge is 0.475 e. The van der Waals surface area contributed by atoms with E-state index in [2.05, 4.69) is 36.8 Å². The topological polar surface area (TPSA) is 47.1 Å². The van der Waals surface area contributed by atoms with Crippen LogP contribution < -0.4 is 4.74 Å². The zero-order valence-corrected chi connectivity index (χ0v) is 12.3. The molecule has 0 aliphatic rings. The molecule has 4 nitrogen and oxygen atoms in total. The molecule has 1 N–H and O–H groups in total.